The van der Waals surface area contributed by atoms with Crippen molar-refractivity contribution in [3.05, 3.63) is 33.8 Å². The summed E-state index contributed by atoms with van der Waals surface area (Å²) in [5, 5.41) is 12.1. The van der Waals surface area contributed by atoms with Crippen molar-refractivity contribution in [2.24, 2.45) is 0 Å². The van der Waals surface area contributed by atoms with Crippen LogP contribution in [-0.2, 0) is 6.61 Å². The Labute approximate surface area is 142 Å². The number of benzene rings is 1. The number of aliphatic hydroxyl groups excluding tert-OH is 1. The number of quaternary nitrogens is 1. The van der Waals surface area contributed by atoms with Crippen molar-refractivity contribution in [2.75, 3.05) is 27.3 Å². The summed E-state index contributed by atoms with van der Waals surface area (Å²) in [4.78, 5) is 12.2. The maximum absolute atomic E-state index is 12.2. The number of amides is 1. The van der Waals surface area contributed by atoms with Gasteiger partial charge in [-0.3, -0.25) is 4.79 Å². The molecule has 2 N–H and O–H groups in total. The molecule has 1 aromatic carbocycles. The summed E-state index contributed by atoms with van der Waals surface area (Å²) >= 11 is 3.37. The van der Waals surface area contributed by atoms with Crippen LogP contribution < -0.4 is 5.32 Å². The molecule has 0 aliphatic carbocycles. The molecule has 0 aliphatic rings. The minimum absolute atomic E-state index is 0.0375. The predicted molar refractivity (Wildman–Crippen MR) is 93.5 cm³/mol. The molecule has 0 saturated heterocycles. The molecule has 1 aromatic rings. The number of carbonyl (C=O) groups excluding carboxylic acids is 1. The number of halogens is 1. The molecular formula is C17H28BrN2O2+. The smallest absolute Gasteiger partial charge is 0.255 e. The maximum atomic E-state index is 12.2. The van der Waals surface area contributed by atoms with Crippen LogP contribution in [0.4, 0.5) is 0 Å². The van der Waals surface area contributed by atoms with Crippen molar-refractivity contribution in [3.63, 3.8) is 0 Å². The molecule has 0 aromatic heterocycles. The van der Waals surface area contributed by atoms with E-state index in [2.05, 4.69) is 42.3 Å². The fourth-order valence-electron chi connectivity index (χ4n) is 2.25. The Kier molecular flexibility index (Phi) is 8.07. The van der Waals surface area contributed by atoms with Gasteiger partial charge in [-0.25, -0.2) is 0 Å². The Hall–Kier alpha value is -0.910. The van der Waals surface area contributed by atoms with Crippen LogP contribution in [0.1, 0.15) is 48.5 Å². The highest BCUT2D eigenvalue weighted by Crippen LogP contribution is 2.18. The zero-order chi connectivity index (χ0) is 16.6. The lowest BCUT2D eigenvalue weighted by molar-refractivity contribution is -0.892. The molecule has 1 amide bonds. The van der Waals surface area contributed by atoms with E-state index in [0.29, 0.717) is 12.2 Å². The average Bonchev–Trinajstić information content (AvgIpc) is 2.49. The standard InChI is InChI=1S/C17H27BrN2O2/c1-4-5-6-7-10-20(2,3)13-19-17(22)14-8-9-15(12-21)16(18)11-14/h8-9,11,21H,4-7,10,12-13H2,1-3H3/p+1. The molecule has 124 valence electrons. The largest absolute Gasteiger partial charge is 0.392 e. The highest BCUT2D eigenvalue weighted by molar-refractivity contribution is 9.10. The van der Waals surface area contributed by atoms with Crippen LogP contribution in [0.25, 0.3) is 0 Å². The van der Waals surface area contributed by atoms with E-state index >= 15 is 0 Å². The third kappa shape index (κ3) is 6.46. The van der Waals surface area contributed by atoms with E-state index in [1.54, 1.807) is 18.2 Å². The lowest BCUT2D eigenvalue weighted by Gasteiger charge is -2.29. The van der Waals surface area contributed by atoms with Gasteiger partial charge in [-0.1, -0.05) is 41.8 Å². The Balaban J connectivity index is 2.49. The van der Waals surface area contributed by atoms with E-state index in [9.17, 15) is 4.79 Å². The molecule has 0 radical (unpaired) electrons. The number of carbonyl (C=O) groups is 1. The van der Waals surface area contributed by atoms with Crippen LogP contribution in [0.3, 0.4) is 0 Å². The maximum Gasteiger partial charge on any atom is 0.255 e. The van der Waals surface area contributed by atoms with E-state index in [1.165, 1.54) is 25.7 Å². The third-order valence-electron chi connectivity index (χ3n) is 3.77. The summed E-state index contributed by atoms with van der Waals surface area (Å²) in [6, 6.07) is 5.26. The average molecular weight is 372 g/mol. The normalized spacial score (nSPS) is 11.5. The molecule has 0 unspecified atom stereocenters. The highest BCUT2D eigenvalue weighted by Gasteiger charge is 2.16. The lowest BCUT2D eigenvalue weighted by atomic mass is 10.1. The van der Waals surface area contributed by atoms with Crippen molar-refractivity contribution in [1.29, 1.82) is 0 Å². The summed E-state index contributed by atoms with van der Waals surface area (Å²) in [5.41, 5.74) is 1.39. The molecule has 0 saturated carbocycles. The molecule has 5 heteroatoms. The molecule has 0 atom stereocenters. The zero-order valence-corrected chi connectivity index (χ0v) is 15.4. The fourth-order valence-corrected chi connectivity index (χ4v) is 2.75. The van der Waals surface area contributed by atoms with E-state index in [-0.39, 0.29) is 12.5 Å². The first-order valence-corrected chi connectivity index (χ1v) is 8.68. The quantitative estimate of drug-likeness (QED) is 0.397. The topological polar surface area (TPSA) is 49.3 Å². The van der Waals surface area contributed by atoms with Crippen LogP contribution >= 0.6 is 15.9 Å². The predicted octanol–water partition coefficient (Wildman–Crippen LogP) is 3.29. The Morgan fingerprint density at radius 3 is 2.59 bits per heavy atom. The number of aliphatic hydroxyl groups is 1. The molecule has 1 rings (SSSR count). The van der Waals surface area contributed by atoms with Crippen LogP contribution in [0.5, 0.6) is 0 Å². The first-order valence-electron chi connectivity index (χ1n) is 7.89. The van der Waals surface area contributed by atoms with Gasteiger partial charge < -0.3 is 14.9 Å². The van der Waals surface area contributed by atoms with Crippen LogP contribution in [0.2, 0.25) is 0 Å². The number of nitrogens with one attached hydrogen (secondary N) is 1. The number of nitrogens with zero attached hydrogens (tertiary/aromatic N) is 1. The molecule has 0 aliphatic heterocycles. The third-order valence-corrected chi connectivity index (χ3v) is 4.51. The van der Waals surface area contributed by atoms with Gasteiger partial charge >= 0.3 is 0 Å². The van der Waals surface area contributed by atoms with Gasteiger partial charge in [-0.2, -0.15) is 0 Å². The molecule has 0 spiro atoms. The summed E-state index contributed by atoms with van der Waals surface area (Å²) in [7, 11) is 4.27. The lowest BCUT2D eigenvalue weighted by Crippen LogP contribution is -2.48. The Bertz CT molecular complexity index is 490. The summed E-state index contributed by atoms with van der Waals surface area (Å²) < 4.78 is 1.54. The first kappa shape index (κ1) is 19.1. The van der Waals surface area contributed by atoms with E-state index in [0.717, 1.165) is 21.1 Å². The SMILES string of the molecule is CCCCCC[N+](C)(C)CNC(=O)c1ccc(CO)c(Br)c1. The molecular weight excluding hydrogens is 344 g/mol. The van der Waals surface area contributed by atoms with Crippen molar-refractivity contribution >= 4 is 21.8 Å². The minimum Gasteiger partial charge on any atom is -0.392 e. The van der Waals surface area contributed by atoms with Crippen molar-refractivity contribution in [2.45, 2.75) is 39.2 Å². The second kappa shape index (κ2) is 9.28. The molecule has 0 heterocycles. The molecule has 0 bridgehead atoms. The molecule has 0 fully saturated rings. The Morgan fingerprint density at radius 1 is 1.27 bits per heavy atom. The van der Waals surface area contributed by atoms with Crippen molar-refractivity contribution in [3.8, 4) is 0 Å². The summed E-state index contributed by atoms with van der Waals surface area (Å²) in [6.07, 6.45) is 4.95. The van der Waals surface area contributed by atoms with Gasteiger partial charge in [0.1, 0.15) is 0 Å². The van der Waals surface area contributed by atoms with Gasteiger partial charge in [-0.05, 0) is 30.5 Å². The van der Waals surface area contributed by atoms with Gasteiger partial charge in [-0.15, -0.1) is 0 Å². The second-order valence-electron chi connectivity index (χ2n) is 6.35. The van der Waals surface area contributed by atoms with E-state index in [4.69, 9.17) is 5.11 Å². The number of hydrogen-bond acceptors (Lipinski definition) is 2. The number of rotatable bonds is 9. The molecule has 4 nitrogen and oxygen atoms in total. The van der Waals surface area contributed by atoms with Crippen LogP contribution in [0.15, 0.2) is 22.7 Å². The highest BCUT2D eigenvalue weighted by atomic mass is 79.9. The zero-order valence-electron chi connectivity index (χ0n) is 13.9. The van der Waals surface area contributed by atoms with Crippen LogP contribution in [-0.4, -0.2) is 42.8 Å². The van der Waals surface area contributed by atoms with Crippen LogP contribution in [0, 0.1) is 0 Å². The van der Waals surface area contributed by atoms with Gasteiger partial charge in [0.15, 0.2) is 6.67 Å². The van der Waals surface area contributed by atoms with E-state index in [1.807, 2.05) is 0 Å². The monoisotopic (exact) mass is 371 g/mol. The van der Waals surface area contributed by atoms with E-state index < -0.39 is 0 Å². The fraction of sp³-hybridized carbons (Fsp3) is 0.588. The second-order valence-corrected chi connectivity index (χ2v) is 7.20. The van der Waals surface area contributed by atoms with Crippen molar-refractivity contribution in [1.82, 2.24) is 5.32 Å². The molecule has 22 heavy (non-hydrogen) atoms. The summed E-state index contributed by atoms with van der Waals surface area (Å²) in [5.74, 6) is -0.0788. The van der Waals surface area contributed by atoms with Gasteiger partial charge in [0.2, 0.25) is 0 Å². The number of hydrogen-bond donors (Lipinski definition) is 2. The Morgan fingerprint density at radius 2 is 2.00 bits per heavy atom. The van der Waals surface area contributed by atoms with Gasteiger partial charge in [0.25, 0.3) is 5.91 Å². The minimum atomic E-state index is -0.0788. The first-order chi connectivity index (χ1) is 10.4. The van der Waals surface area contributed by atoms with Gasteiger partial charge in [0, 0.05) is 10.0 Å². The van der Waals surface area contributed by atoms with Gasteiger partial charge in [0.05, 0.1) is 27.2 Å². The number of unbranched alkanes of at least 4 members (excludes halogenated alkanes) is 3. The van der Waals surface area contributed by atoms with Crippen molar-refractivity contribution < 1.29 is 14.4 Å². The summed E-state index contributed by atoms with van der Waals surface area (Å²) in [6.45, 7) is 3.85.